The summed E-state index contributed by atoms with van der Waals surface area (Å²) in [4.78, 5) is 39.1. The first-order chi connectivity index (χ1) is 14.5. The first kappa shape index (κ1) is 20.8. The van der Waals surface area contributed by atoms with E-state index in [0.29, 0.717) is 17.8 Å². The third kappa shape index (κ3) is 3.32. The summed E-state index contributed by atoms with van der Waals surface area (Å²) < 4.78 is 0. The normalized spacial score (nSPS) is 17.0. The number of allylic oxidation sites excluding steroid dienone is 3. The van der Waals surface area contributed by atoms with Gasteiger partial charge in [0, 0.05) is 13.6 Å². The number of rotatable bonds is 5. The lowest BCUT2D eigenvalue weighted by atomic mass is 9.79. The quantitative estimate of drug-likeness (QED) is 0.722. The van der Waals surface area contributed by atoms with Gasteiger partial charge in [-0.1, -0.05) is 51.6 Å². The standard InChI is InChI=1S/C25H27N3O3/c1-13-10-11-16(14(13)2)23(25(3,4)5)27-20-19(21(29)22(20)30)26-17-9-7-8-15-12-28(6)24(31)18(15)17/h7-11,23,26-27H,2,12H2,1,3-6H3/t23-/m0/s1. The van der Waals surface area contributed by atoms with Crippen LogP contribution in [0.1, 0.15) is 43.6 Å². The molecule has 160 valence electrons. The van der Waals surface area contributed by atoms with Crippen LogP contribution in [0.25, 0.3) is 0 Å². The number of anilines is 3. The Morgan fingerprint density at radius 2 is 1.74 bits per heavy atom. The monoisotopic (exact) mass is 417 g/mol. The number of nitrogens with zero attached hydrogens (tertiary/aromatic N) is 1. The van der Waals surface area contributed by atoms with E-state index in [1.807, 2.05) is 31.2 Å². The Hall–Kier alpha value is -3.41. The third-order valence-corrected chi connectivity index (χ3v) is 6.09. The predicted octanol–water partition coefficient (Wildman–Crippen LogP) is 3.88. The third-order valence-electron chi connectivity index (χ3n) is 6.09. The van der Waals surface area contributed by atoms with Crippen LogP contribution < -0.4 is 21.5 Å². The van der Waals surface area contributed by atoms with Gasteiger partial charge in [-0.3, -0.25) is 14.4 Å². The number of carbonyl (C=O) groups is 1. The largest absolute Gasteiger partial charge is 0.373 e. The minimum absolute atomic E-state index is 0.104. The van der Waals surface area contributed by atoms with Crippen molar-refractivity contribution in [2.45, 2.75) is 40.3 Å². The number of nitrogens with one attached hydrogen (secondary N) is 2. The Bertz CT molecular complexity index is 1250. The Morgan fingerprint density at radius 1 is 1.06 bits per heavy atom. The Morgan fingerprint density at radius 3 is 2.35 bits per heavy atom. The summed E-state index contributed by atoms with van der Waals surface area (Å²) in [5.74, 6) is -0.104. The van der Waals surface area contributed by atoms with E-state index in [4.69, 9.17) is 0 Å². The number of hydrogen-bond donors (Lipinski definition) is 2. The van der Waals surface area contributed by atoms with Crippen LogP contribution in [0.2, 0.25) is 0 Å². The van der Waals surface area contributed by atoms with Gasteiger partial charge in [0.2, 0.25) is 0 Å². The van der Waals surface area contributed by atoms with Crippen molar-refractivity contribution in [3.8, 4) is 0 Å². The molecule has 1 aliphatic carbocycles. The molecule has 0 aromatic heterocycles. The first-order valence-corrected chi connectivity index (χ1v) is 10.3. The summed E-state index contributed by atoms with van der Waals surface area (Å²) in [6, 6.07) is 5.27. The second-order valence-electron chi connectivity index (χ2n) is 9.43. The molecule has 2 aromatic carbocycles. The van der Waals surface area contributed by atoms with Crippen molar-refractivity contribution >= 4 is 23.0 Å². The zero-order chi connectivity index (χ0) is 22.7. The molecular weight excluding hydrogens is 390 g/mol. The highest BCUT2D eigenvalue weighted by atomic mass is 16.2. The van der Waals surface area contributed by atoms with Gasteiger partial charge >= 0.3 is 0 Å². The molecule has 0 radical (unpaired) electrons. The van der Waals surface area contributed by atoms with Crippen molar-refractivity contribution in [3.05, 3.63) is 85.2 Å². The van der Waals surface area contributed by atoms with Gasteiger partial charge in [0.05, 0.1) is 17.3 Å². The van der Waals surface area contributed by atoms with Crippen molar-refractivity contribution < 1.29 is 4.79 Å². The molecule has 1 aliphatic heterocycles. The summed E-state index contributed by atoms with van der Waals surface area (Å²) >= 11 is 0. The summed E-state index contributed by atoms with van der Waals surface area (Å²) in [6.07, 6.45) is 4.02. The van der Waals surface area contributed by atoms with E-state index in [1.165, 1.54) is 0 Å². The Kier molecular flexibility index (Phi) is 4.76. The van der Waals surface area contributed by atoms with Crippen molar-refractivity contribution in [2.75, 3.05) is 17.7 Å². The predicted molar refractivity (Wildman–Crippen MR) is 125 cm³/mol. The van der Waals surface area contributed by atoms with Gasteiger partial charge in [0.25, 0.3) is 16.8 Å². The molecular formula is C25H27N3O3. The van der Waals surface area contributed by atoms with Gasteiger partial charge in [-0.2, -0.15) is 0 Å². The molecule has 0 saturated heterocycles. The summed E-state index contributed by atoms with van der Waals surface area (Å²) in [7, 11) is 1.74. The molecule has 1 heterocycles. The first-order valence-electron chi connectivity index (χ1n) is 10.3. The van der Waals surface area contributed by atoms with Crippen molar-refractivity contribution in [1.29, 1.82) is 0 Å². The molecule has 2 N–H and O–H groups in total. The summed E-state index contributed by atoms with van der Waals surface area (Å²) in [6.45, 7) is 12.9. The van der Waals surface area contributed by atoms with E-state index in [2.05, 4.69) is 38.0 Å². The van der Waals surface area contributed by atoms with Crippen molar-refractivity contribution in [3.63, 3.8) is 0 Å². The van der Waals surface area contributed by atoms with E-state index >= 15 is 0 Å². The van der Waals surface area contributed by atoms with E-state index in [9.17, 15) is 14.4 Å². The van der Waals surface area contributed by atoms with E-state index in [1.54, 1.807) is 18.0 Å². The second-order valence-corrected chi connectivity index (χ2v) is 9.43. The van der Waals surface area contributed by atoms with Crippen LogP contribution in [0.5, 0.6) is 0 Å². The molecule has 0 fully saturated rings. The van der Waals surface area contributed by atoms with Gasteiger partial charge in [0.1, 0.15) is 11.4 Å². The zero-order valence-electron chi connectivity index (χ0n) is 18.6. The second kappa shape index (κ2) is 7.08. The zero-order valence-corrected chi connectivity index (χ0v) is 18.6. The lowest BCUT2D eigenvalue weighted by molar-refractivity contribution is 0.0817. The molecule has 6 heteroatoms. The van der Waals surface area contributed by atoms with Crippen LogP contribution in [0.15, 0.2) is 63.2 Å². The van der Waals surface area contributed by atoms with Crippen molar-refractivity contribution in [1.82, 2.24) is 4.90 Å². The summed E-state index contributed by atoms with van der Waals surface area (Å²) in [5.41, 5.74) is 4.06. The Labute approximate surface area is 181 Å². The molecule has 0 unspecified atom stereocenters. The molecule has 2 aromatic rings. The molecule has 0 saturated carbocycles. The lowest BCUT2D eigenvalue weighted by Gasteiger charge is -2.35. The molecule has 1 amide bonds. The molecule has 2 aliphatic rings. The van der Waals surface area contributed by atoms with E-state index < -0.39 is 10.9 Å². The fraction of sp³-hybridized carbons (Fsp3) is 0.320. The fourth-order valence-electron chi connectivity index (χ4n) is 4.21. The molecule has 0 spiro atoms. The average molecular weight is 418 g/mol. The number of carbonyl (C=O) groups excluding carboxylic acids is 1. The van der Waals surface area contributed by atoms with E-state index in [-0.39, 0.29) is 28.7 Å². The molecule has 31 heavy (non-hydrogen) atoms. The van der Waals surface area contributed by atoms with Crippen molar-refractivity contribution in [2.24, 2.45) is 5.41 Å². The maximum absolute atomic E-state index is 12.6. The fourth-order valence-corrected chi connectivity index (χ4v) is 4.21. The van der Waals surface area contributed by atoms with Gasteiger partial charge < -0.3 is 15.5 Å². The highest BCUT2D eigenvalue weighted by Gasteiger charge is 2.35. The van der Waals surface area contributed by atoms with Crippen LogP contribution in [-0.2, 0) is 6.54 Å². The van der Waals surface area contributed by atoms with Crippen LogP contribution >= 0.6 is 0 Å². The highest BCUT2D eigenvalue weighted by molar-refractivity contribution is 6.04. The average Bonchev–Trinajstić information content (AvgIpc) is 3.19. The lowest BCUT2D eigenvalue weighted by Crippen LogP contribution is -2.43. The minimum Gasteiger partial charge on any atom is -0.373 e. The topological polar surface area (TPSA) is 78.5 Å². The number of hydrogen-bond acceptors (Lipinski definition) is 5. The van der Waals surface area contributed by atoms with E-state index in [0.717, 1.165) is 22.3 Å². The van der Waals surface area contributed by atoms with Gasteiger partial charge in [-0.05, 0) is 40.7 Å². The number of fused-ring (bicyclic) bond motifs is 1. The maximum atomic E-state index is 12.6. The molecule has 4 rings (SSSR count). The Balaban J connectivity index is 1.68. The van der Waals surface area contributed by atoms with Crippen LogP contribution in [0.3, 0.4) is 0 Å². The van der Waals surface area contributed by atoms with Gasteiger partial charge in [-0.15, -0.1) is 0 Å². The number of amides is 1. The smallest absolute Gasteiger partial charge is 0.256 e. The summed E-state index contributed by atoms with van der Waals surface area (Å²) in [5, 5.41) is 6.39. The number of benzene rings is 1. The van der Waals surface area contributed by atoms with Gasteiger partial charge in [0.15, 0.2) is 0 Å². The van der Waals surface area contributed by atoms with Crippen LogP contribution in [0, 0.1) is 5.41 Å². The van der Waals surface area contributed by atoms with Gasteiger partial charge in [-0.25, -0.2) is 0 Å². The van der Waals surface area contributed by atoms with Crippen LogP contribution in [0.4, 0.5) is 17.1 Å². The maximum Gasteiger partial charge on any atom is 0.256 e. The highest BCUT2D eigenvalue weighted by Crippen LogP contribution is 2.38. The minimum atomic E-state index is -0.583. The molecule has 6 nitrogen and oxygen atoms in total. The SMILES string of the molecule is C=C1C(C)=CC=C1[C@H](Nc1c(Nc2cccc3c2C(=O)N(C)C3)c(=O)c1=O)C(C)(C)C. The molecule has 1 atom stereocenters. The van der Waals surface area contributed by atoms with Crippen LogP contribution in [-0.4, -0.2) is 23.9 Å². The molecule has 0 bridgehead atoms.